The van der Waals surface area contributed by atoms with Crippen LogP contribution in [0.4, 0.5) is 0 Å². The van der Waals surface area contributed by atoms with Crippen molar-refractivity contribution in [2.75, 3.05) is 25.6 Å². The number of ether oxygens (including phenoxy) is 2. The van der Waals surface area contributed by atoms with Crippen molar-refractivity contribution < 1.29 is 14.3 Å². The molecular formula is C20H31NO3S. The van der Waals surface area contributed by atoms with Gasteiger partial charge in [0.05, 0.1) is 6.61 Å². The zero-order valence-corrected chi connectivity index (χ0v) is 16.5. The number of Topliss-reactive ketones (excluding diaryl/α,β-unsaturated/α-hetero) is 1. The van der Waals surface area contributed by atoms with Crippen LogP contribution < -0.4 is 4.74 Å². The topological polar surface area (TPSA) is 48.4 Å². The Balaban J connectivity index is 1.84. The van der Waals surface area contributed by atoms with E-state index in [1.807, 2.05) is 26.1 Å². The minimum Gasteiger partial charge on any atom is -0.478 e. The van der Waals surface area contributed by atoms with Crippen LogP contribution in [0.2, 0.25) is 0 Å². The van der Waals surface area contributed by atoms with E-state index < -0.39 is 0 Å². The second-order valence-electron chi connectivity index (χ2n) is 6.89. The first-order chi connectivity index (χ1) is 12.1. The number of rotatable bonds is 10. The van der Waals surface area contributed by atoms with Gasteiger partial charge in [0, 0.05) is 43.1 Å². The largest absolute Gasteiger partial charge is 0.478 e. The highest BCUT2D eigenvalue weighted by molar-refractivity contribution is 7.99. The fourth-order valence-electron chi connectivity index (χ4n) is 2.93. The van der Waals surface area contributed by atoms with Crippen molar-refractivity contribution in [3.63, 3.8) is 0 Å². The highest BCUT2D eigenvalue weighted by atomic mass is 32.2. The van der Waals surface area contributed by atoms with Gasteiger partial charge >= 0.3 is 0 Å². The highest BCUT2D eigenvalue weighted by Crippen LogP contribution is 2.33. The molecular weight excluding hydrogens is 334 g/mol. The van der Waals surface area contributed by atoms with Crippen LogP contribution in [-0.4, -0.2) is 36.3 Å². The molecule has 1 atom stereocenters. The molecule has 0 N–H and O–H groups in total. The first kappa shape index (κ1) is 20.2. The number of carbonyl (C=O) groups excluding carboxylic acids is 1. The van der Waals surface area contributed by atoms with E-state index in [0.29, 0.717) is 30.6 Å². The molecule has 1 aromatic rings. The zero-order chi connectivity index (χ0) is 18.1. The van der Waals surface area contributed by atoms with Gasteiger partial charge in [0.2, 0.25) is 5.88 Å². The number of aromatic nitrogens is 1. The number of hydrogen-bond acceptors (Lipinski definition) is 5. The Bertz CT molecular complexity index is 512. The second kappa shape index (κ2) is 10.8. The van der Waals surface area contributed by atoms with Crippen LogP contribution >= 0.6 is 11.8 Å². The molecule has 1 saturated heterocycles. The highest BCUT2D eigenvalue weighted by Gasteiger charge is 2.19. The van der Waals surface area contributed by atoms with Crippen molar-refractivity contribution in [1.29, 1.82) is 0 Å². The number of ketones is 1. The number of carbonyl (C=O) groups is 1. The van der Waals surface area contributed by atoms with E-state index in [1.54, 1.807) is 11.8 Å². The van der Waals surface area contributed by atoms with E-state index in [0.717, 1.165) is 43.8 Å². The van der Waals surface area contributed by atoms with Gasteiger partial charge in [-0.3, -0.25) is 4.79 Å². The van der Waals surface area contributed by atoms with E-state index in [-0.39, 0.29) is 11.2 Å². The lowest BCUT2D eigenvalue weighted by Crippen LogP contribution is -2.18. The first-order valence-electron chi connectivity index (χ1n) is 9.41. The van der Waals surface area contributed by atoms with Crippen molar-refractivity contribution in [3.8, 4) is 5.88 Å². The molecule has 2 heterocycles. The Morgan fingerprint density at radius 3 is 2.72 bits per heavy atom. The summed E-state index contributed by atoms with van der Waals surface area (Å²) in [5, 5.41) is 0.184. The van der Waals surface area contributed by atoms with Gasteiger partial charge in [-0.25, -0.2) is 4.98 Å². The van der Waals surface area contributed by atoms with Gasteiger partial charge in [0.15, 0.2) is 0 Å². The number of hydrogen-bond donors (Lipinski definition) is 0. The molecule has 1 aromatic heterocycles. The molecule has 25 heavy (non-hydrogen) atoms. The molecule has 4 nitrogen and oxygen atoms in total. The molecule has 5 heteroatoms. The number of thioether (sulfide) groups is 1. The third kappa shape index (κ3) is 6.98. The number of pyridine rings is 1. The first-order valence-corrected chi connectivity index (χ1v) is 10.5. The van der Waals surface area contributed by atoms with Crippen LogP contribution in [-0.2, 0) is 9.53 Å². The maximum Gasteiger partial charge on any atom is 0.213 e. The predicted octanol–water partition coefficient (Wildman–Crippen LogP) is 4.69. The molecule has 0 radical (unpaired) electrons. The average Bonchev–Trinajstić information content (AvgIpc) is 2.63. The Morgan fingerprint density at radius 1 is 1.36 bits per heavy atom. The van der Waals surface area contributed by atoms with Gasteiger partial charge in [-0.1, -0.05) is 26.8 Å². The van der Waals surface area contributed by atoms with Crippen molar-refractivity contribution >= 4 is 17.5 Å². The molecule has 0 aromatic carbocycles. The molecule has 1 aliphatic rings. The van der Waals surface area contributed by atoms with Crippen molar-refractivity contribution in [3.05, 3.63) is 23.9 Å². The second-order valence-corrected chi connectivity index (χ2v) is 8.37. The molecule has 0 spiro atoms. The summed E-state index contributed by atoms with van der Waals surface area (Å²) in [6.07, 6.45) is 5.77. The van der Waals surface area contributed by atoms with Gasteiger partial charge in [0.1, 0.15) is 5.78 Å². The summed E-state index contributed by atoms with van der Waals surface area (Å²) in [6, 6.07) is 3.99. The molecule has 0 amide bonds. The molecule has 1 fully saturated rings. The molecule has 140 valence electrons. The zero-order valence-electron chi connectivity index (χ0n) is 15.7. The van der Waals surface area contributed by atoms with E-state index in [4.69, 9.17) is 9.47 Å². The van der Waals surface area contributed by atoms with E-state index in [1.165, 1.54) is 0 Å². The summed E-state index contributed by atoms with van der Waals surface area (Å²) in [7, 11) is 0. The van der Waals surface area contributed by atoms with Crippen LogP contribution in [0.3, 0.4) is 0 Å². The van der Waals surface area contributed by atoms with Crippen LogP contribution in [0.25, 0.3) is 0 Å². The van der Waals surface area contributed by atoms with Gasteiger partial charge in [-0.15, -0.1) is 0 Å². The van der Waals surface area contributed by atoms with Gasteiger partial charge in [-0.2, -0.15) is 11.8 Å². The monoisotopic (exact) mass is 365 g/mol. The Hall–Kier alpha value is -1.07. The minimum absolute atomic E-state index is 0.0840. The third-order valence-electron chi connectivity index (χ3n) is 4.65. The minimum atomic E-state index is 0.0840. The smallest absolute Gasteiger partial charge is 0.213 e. The van der Waals surface area contributed by atoms with E-state index >= 15 is 0 Å². The van der Waals surface area contributed by atoms with Crippen LogP contribution in [0.1, 0.15) is 57.3 Å². The van der Waals surface area contributed by atoms with Crippen LogP contribution in [0, 0.1) is 11.8 Å². The third-order valence-corrected chi connectivity index (χ3v) is 5.82. The SMILES string of the molecule is CCSC(CC(=O)C(C)C)c1ccc(OCCC2CCOCC2)nc1. The predicted molar refractivity (Wildman–Crippen MR) is 103 cm³/mol. The summed E-state index contributed by atoms with van der Waals surface area (Å²) in [5.41, 5.74) is 1.11. The Kier molecular flexibility index (Phi) is 8.76. The lowest BCUT2D eigenvalue weighted by molar-refractivity contribution is -0.121. The Morgan fingerprint density at radius 2 is 2.12 bits per heavy atom. The maximum absolute atomic E-state index is 12.1. The molecule has 0 aliphatic carbocycles. The van der Waals surface area contributed by atoms with Gasteiger partial charge < -0.3 is 9.47 Å². The van der Waals surface area contributed by atoms with Gasteiger partial charge in [0.25, 0.3) is 0 Å². The molecule has 2 rings (SSSR count). The van der Waals surface area contributed by atoms with Crippen molar-refractivity contribution in [2.24, 2.45) is 11.8 Å². The molecule has 0 bridgehead atoms. The summed E-state index contributed by atoms with van der Waals surface area (Å²) < 4.78 is 11.2. The summed E-state index contributed by atoms with van der Waals surface area (Å²) >= 11 is 1.80. The fourth-order valence-corrected chi connectivity index (χ4v) is 3.94. The molecule has 1 aliphatic heterocycles. The normalized spacial score (nSPS) is 16.8. The van der Waals surface area contributed by atoms with E-state index in [9.17, 15) is 4.79 Å². The van der Waals surface area contributed by atoms with Gasteiger partial charge in [-0.05, 0) is 36.5 Å². The lowest BCUT2D eigenvalue weighted by Gasteiger charge is -2.21. The Labute approximate surface area is 156 Å². The van der Waals surface area contributed by atoms with Crippen LogP contribution in [0.5, 0.6) is 5.88 Å². The van der Waals surface area contributed by atoms with Crippen LogP contribution in [0.15, 0.2) is 18.3 Å². The standard InChI is InChI=1S/C20H31NO3S/c1-4-25-19(13-18(22)15(2)3)17-5-6-20(21-14-17)24-12-9-16-7-10-23-11-8-16/h5-6,14-16,19H,4,7-13H2,1-3H3. The molecule has 1 unspecified atom stereocenters. The lowest BCUT2D eigenvalue weighted by atomic mass is 9.97. The van der Waals surface area contributed by atoms with Crippen molar-refractivity contribution in [1.82, 2.24) is 4.98 Å². The van der Waals surface area contributed by atoms with Crippen molar-refractivity contribution in [2.45, 2.75) is 51.7 Å². The van der Waals surface area contributed by atoms with E-state index in [2.05, 4.69) is 18.0 Å². The fraction of sp³-hybridized carbons (Fsp3) is 0.700. The summed E-state index contributed by atoms with van der Waals surface area (Å²) in [4.78, 5) is 16.5. The quantitative estimate of drug-likeness (QED) is 0.602. The maximum atomic E-state index is 12.1. The average molecular weight is 366 g/mol. The summed E-state index contributed by atoms with van der Waals surface area (Å²) in [6.45, 7) is 8.51. The molecule has 0 saturated carbocycles. The number of nitrogens with zero attached hydrogens (tertiary/aromatic N) is 1. The summed E-state index contributed by atoms with van der Waals surface area (Å²) in [5.74, 6) is 2.76.